The van der Waals surface area contributed by atoms with Crippen LogP contribution in [0.4, 0.5) is 0 Å². The van der Waals surface area contributed by atoms with Crippen molar-refractivity contribution in [2.24, 2.45) is 0 Å². The lowest BCUT2D eigenvalue weighted by Crippen LogP contribution is -2.42. The number of hydrogen-bond donors (Lipinski definition) is 2. The van der Waals surface area contributed by atoms with E-state index in [9.17, 15) is 4.79 Å². The lowest BCUT2D eigenvalue weighted by Gasteiger charge is -2.20. The van der Waals surface area contributed by atoms with E-state index in [-0.39, 0.29) is 18.0 Å². The molecule has 5 nitrogen and oxygen atoms in total. The van der Waals surface area contributed by atoms with Gasteiger partial charge in [-0.3, -0.25) is 10.1 Å². The van der Waals surface area contributed by atoms with Crippen molar-refractivity contribution >= 4 is 17.7 Å². The predicted octanol–water partition coefficient (Wildman–Crippen LogP) is 1.54. The van der Waals surface area contributed by atoms with Crippen LogP contribution in [0, 0.1) is 0 Å². The third-order valence-corrected chi connectivity index (χ3v) is 4.24. The molecular formula is C14H20N2O3S. The van der Waals surface area contributed by atoms with Crippen LogP contribution in [0.15, 0.2) is 18.2 Å². The average molecular weight is 296 g/mol. The molecule has 1 aromatic carbocycles. The number of amides is 1. The van der Waals surface area contributed by atoms with Crippen LogP contribution in [0.25, 0.3) is 0 Å². The summed E-state index contributed by atoms with van der Waals surface area (Å²) < 4.78 is 10.5. The number of ether oxygens (including phenoxy) is 2. The molecule has 1 aromatic rings. The van der Waals surface area contributed by atoms with E-state index in [0.717, 1.165) is 22.9 Å². The predicted molar refractivity (Wildman–Crippen MR) is 80.4 cm³/mol. The van der Waals surface area contributed by atoms with Crippen molar-refractivity contribution in [1.29, 1.82) is 0 Å². The molecule has 1 heterocycles. The molecule has 0 bridgehead atoms. The zero-order valence-corrected chi connectivity index (χ0v) is 12.8. The number of benzene rings is 1. The van der Waals surface area contributed by atoms with Crippen molar-refractivity contribution in [2.45, 2.75) is 19.0 Å². The van der Waals surface area contributed by atoms with Crippen LogP contribution in [0.2, 0.25) is 0 Å². The first-order chi connectivity index (χ1) is 9.65. The first-order valence-electron chi connectivity index (χ1n) is 6.49. The molecule has 1 aliphatic heterocycles. The van der Waals surface area contributed by atoms with Crippen molar-refractivity contribution < 1.29 is 14.3 Å². The average Bonchev–Trinajstić information content (AvgIpc) is 3.00. The summed E-state index contributed by atoms with van der Waals surface area (Å²) in [5, 5.41) is 6.17. The second-order valence-corrected chi connectivity index (χ2v) is 5.64. The molecule has 2 unspecified atom stereocenters. The van der Waals surface area contributed by atoms with Gasteiger partial charge in [-0.2, -0.15) is 0 Å². The quantitative estimate of drug-likeness (QED) is 0.863. The van der Waals surface area contributed by atoms with Crippen molar-refractivity contribution in [1.82, 2.24) is 10.6 Å². The molecule has 0 spiro atoms. The molecule has 0 aliphatic carbocycles. The zero-order valence-electron chi connectivity index (χ0n) is 11.9. The summed E-state index contributed by atoms with van der Waals surface area (Å²) in [6, 6.07) is 5.38. The molecule has 0 saturated carbocycles. The van der Waals surface area contributed by atoms with Gasteiger partial charge in [-0.25, -0.2) is 0 Å². The minimum absolute atomic E-state index is 0.0281. The molecule has 1 saturated heterocycles. The summed E-state index contributed by atoms with van der Waals surface area (Å²) in [7, 11) is 3.23. The van der Waals surface area contributed by atoms with E-state index in [4.69, 9.17) is 9.47 Å². The van der Waals surface area contributed by atoms with Gasteiger partial charge in [0.05, 0.1) is 26.3 Å². The van der Waals surface area contributed by atoms with Crippen LogP contribution in [0.3, 0.4) is 0 Å². The first kappa shape index (κ1) is 15.0. The van der Waals surface area contributed by atoms with Gasteiger partial charge in [0.2, 0.25) is 5.91 Å². The van der Waals surface area contributed by atoms with Crippen LogP contribution < -0.4 is 20.1 Å². The van der Waals surface area contributed by atoms with Gasteiger partial charge in [-0.1, -0.05) is 0 Å². The zero-order chi connectivity index (χ0) is 14.5. The third-order valence-electron chi connectivity index (χ3n) is 3.30. The maximum Gasteiger partial charge on any atom is 0.238 e. The van der Waals surface area contributed by atoms with Crippen molar-refractivity contribution in [3.63, 3.8) is 0 Å². The number of nitrogens with one attached hydrogen (secondary N) is 2. The Morgan fingerprint density at radius 3 is 2.85 bits per heavy atom. The third kappa shape index (κ3) is 3.37. The topological polar surface area (TPSA) is 59.6 Å². The second-order valence-electron chi connectivity index (χ2n) is 4.61. The van der Waals surface area contributed by atoms with E-state index < -0.39 is 0 Å². The number of thioether (sulfide) groups is 1. The molecule has 1 aliphatic rings. The molecule has 2 rings (SSSR count). The normalized spacial score (nSPS) is 19.4. The van der Waals surface area contributed by atoms with E-state index >= 15 is 0 Å². The summed E-state index contributed by atoms with van der Waals surface area (Å²) >= 11 is 1.73. The smallest absolute Gasteiger partial charge is 0.238 e. The Labute approximate surface area is 123 Å². The first-order valence-corrected chi connectivity index (χ1v) is 7.64. The number of carbonyl (C=O) groups excluding carboxylic acids is 1. The van der Waals surface area contributed by atoms with Crippen LogP contribution in [0.5, 0.6) is 11.5 Å². The van der Waals surface area contributed by atoms with Crippen LogP contribution >= 0.6 is 11.8 Å². The minimum atomic E-state index is -0.115. The highest BCUT2D eigenvalue weighted by molar-refractivity contribution is 7.99. The molecule has 0 radical (unpaired) electrons. The molecule has 2 atom stereocenters. The minimum Gasteiger partial charge on any atom is -0.497 e. The molecule has 2 N–H and O–H groups in total. The number of carbonyl (C=O) groups is 1. The van der Waals surface area contributed by atoms with Crippen LogP contribution in [0.1, 0.15) is 18.5 Å². The highest BCUT2D eigenvalue weighted by atomic mass is 32.2. The number of methoxy groups -OCH3 is 2. The SMILES string of the molecule is COc1ccc(C(C)NC(=O)C2CSCN2)c(OC)c1. The van der Waals surface area contributed by atoms with E-state index in [0.29, 0.717) is 5.75 Å². The lowest BCUT2D eigenvalue weighted by atomic mass is 10.1. The van der Waals surface area contributed by atoms with Gasteiger partial charge in [0.25, 0.3) is 0 Å². The Kier molecular flexibility index (Phi) is 5.14. The highest BCUT2D eigenvalue weighted by Crippen LogP contribution is 2.29. The molecule has 110 valence electrons. The van der Waals surface area contributed by atoms with Gasteiger partial charge < -0.3 is 14.8 Å². The van der Waals surface area contributed by atoms with Crippen molar-refractivity contribution in [3.8, 4) is 11.5 Å². The van der Waals surface area contributed by atoms with E-state index in [1.807, 2.05) is 25.1 Å². The van der Waals surface area contributed by atoms with Gasteiger partial charge in [-0.05, 0) is 19.1 Å². The molecule has 0 aromatic heterocycles. The summed E-state index contributed by atoms with van der Waals surface area (Å²) in [6.45, 7) is 1.95. The fourth-order valence-corrected chi connectivity index (χ4v) is 3.07. The Balaban J connectivity index is 2.07. The molecular weight excluding hydrogens is 276 g/mol. The lowest BCUT2D eigenvalue weighted by molar-refractivity contribution is -0.123. The fourth-order valence-electron chi connectivity index (χ4n) is 2.13. The maximum atomic E-state index is 12.1. The van der Waals surface area contributed by atoms with E-state index in [1.165, 1.54) is 0 Å². The summed E-state index contributed by atoms with van der Waals surface area (Å²) in [5.74, 6) is 3.13. The molecule has 1 amide bonds. The van der Waals surface area contributed by atoms with E-state index in [1.54, 1.807) is 26.0 Å². The van der Waals surface area contributed by atoms with Crippen molar-refractivity contribution in [2.75, 3.05) is 25.8 Å². The van der Waals surface area contributed by atoms with Gasteiger partial charge in [0.15, 0.2) is 0 Å². The summed E-state index contributed by atoms with van der Waals surface area (Å²) in [6.07, 6.45) is 0. The van der Waals surface area contributed by atoms with Crippen molar-refractivity contribution in [3.05, 3.63) is 23.8 Å². The Morgan fingerprint density at radius 1 is 1.45 bits per heavy atom. The second kappa shape index (κ2) is 6.85. The Bertz CT molecular complexity index is 475. The Morgan fingerprint density at radius 2 is 2.25 bits per heavy atom. The number of rotatable bonds is 5. The van der Waals surface area contributed by atoms with E-state index in [2.05, 4.69) is 10.6 Å². The molecule has 6 heteroatoms. The number of hydrogen-bond acceptors (Lipinski definition) is 5. The monoisotopic (exact) mass is 296 g/mol. The van der Waals surface area contributed by atoms with Crippen LogP contribution in [-0.4, -0.2) is 37.8 Å². The summed E-state index contributed by atoms with van der Waals surface area (Å²) in [4.78, 5) is 12.1. The van der Waals surface area contributed by atoms with Crippen LogP contribution in [-0.2, 0) is 4.79 Å². The van der Waals surface area contributed by atoms with Gasteiger partial charge in [0, 0.05) is 23.3 Å². The highest BCUT2D eigenvalue weighted by Gasteiger charge is 2.24. The van der Waals surface area contributed by atoms with Gasteiger partial charge in [0.1, 0.15) is 11.5 Å². The largest absolute Gasteiger partial charge is 0.497 e. The summed E-state index contributed by atoms with van der Waals surface area (Å²) in [5.41, 5.74) is 0.937. The maximum absolute atomic E-state index is 12.1. The van der Waals surface area contributed by atoms with Gasteiger partial charge in [-0.15, -0.1) is 11.8 Å². The van der Waals surface area contributed by atoms with Gasteiger partial charge >= 0.3 is 0 Å². The molecule has 1 fully saturated rings. The Hall–Kier alpha value is -1.40. The standard InChI is InChI=1S/C14H20N2O3S/c1-9(16-14(17)12-7-20-8-15-12)11-5-4-10(18-2)6-13(11)19-3/h4-6,9,12,15H,7-8H2,1-3H3,(H,16,17). The fraction of sp³-hybridized carbons (Fsp3) is 0.500. The molecule has 20 heavy (non-hydrogen) atoms.